The lowest BCUT2D eigenvalue weighted by atomic mass is 10.0. The highest BCUT2D eigenvalue weighted by Gasteiger charge is 2.49. The van der Waals surface area contributed by atoms with Crippen LogP contribution in [0.3, 0.4) is 0 Å². The van der Waals surface area contributed by atoms with Gasteiger partial charge in [0.15, 0.2) is 29.6 Å². The number of fused-ring (bicyclic) bond motifs is 2. The Morgan fingerprint density at radius 2 is 0.976 bits per heavy atom. The summed E-state index contributed by atoms with van der Waals surface area (Å²) in [6.07, 6.45) is -7.56. The zero-order valence-electron chi connectivity index (χ0n) is 42.4. The number of nitrogens with two attached hydrogens (primary N) is 2. The molecule has 8 aromatic rings. The number of rotatable bonds is 15. The van der Waals surface area contributed by atoms with Crippen molar-refractivity contribution < 1.29 is 87.3 Å². The first kappa shape index (κ1) is 64.1. The topological polar surface area (TPSA) is 420 Å². The van der Waals surface area contributed by atoms with E-state index in [1.54, 1.807) is 15.5 Å². The van der Waals surface area contributed by atoms with Crippen LogP contribution in [-0.2, 0) is 40.8 Å². The molecule has 0 aliphatic carbocycles. The number of anilines is 2. The molecule has 12 N–H and O–H groups in total. The van der Waals surface area contributed by atoms with Gasteiger partial charge in [0.25, 0.3) is 11.9 Å². The maximum absolute atomic E-state index is 12.9. The molecule has 444 valence electrons. The first-order valence-corrected chi connectivity index (χ1v) is 35.6. The normalized spacial score (nSPS) is 21.7. The average molecular weight is 1330 g/mol. The highest BCUT2D eigenvalue weighted by molar-refractivity contribution is 8.29. The zero-order valence-corrected chi connectivity index (χ0v) is 49.8. The molecule has 0 radical (unpaired) electrons. The smallest absolute Gasteiger partial charge is 0.365 e. The SMILES string of the molecule is Nc1nc([O-])c2c(n1)[n+]([C@@H]1O[C@H](CO)[C@@H](O)[C@H]1O)cn2Cc1ccc(-c2ccccc2)cc1.Nc1nc([O-])c2c(n1)[n+]([C@@H]1O[C@H](COP(=O)(O)CP(=O)(O)O)[C@@H](O)[C@H]1O)cn2Cc1ccc(-c2ccccc2)cc1.O=P(Cl)(Cl)N=P(Cl)(Cl)Cl. The molecule has 6 heterocycles. The molecule has 2 saturated heterocycles. The number of aliphatic hydroxyl groups is 5. The van der Waals surface area contributed by atoms with E-state index in [0.29, 0.717) is 6.54 Å². The Balaban J connectivity index is 0.000000192. The van der Waals surface area contributed by atoms with E-state index in [4.69, 9.17) is 91.5 Å². The minimum atomic E-state index is -4.87. The largest absolute Gasteiger partial charge is 0.856 e. The number of benzene rings is 4. The van der Waals surface area contributed by atoms with Crippen LogP contribution in [-0.4, -0.2) is 125 Å². The van der Waals surface area contributed by atoms with Crippen molar-refractivity contribution in [3.8, 4) is 34.0 Å². The van der Waals surface area contributed by atoms with E-state index in [-0.39, 0.29) is 40.8 Å². The van der Waals surface area contributed by atoms with Gasteiger partial charge in [-0.25, -0.2) is 19.1 Å². The van der Waals surface area contributed by atoms with Gasteiger partial charge in [-0.3, -0.25) is 22.8 Å². The second kappa shape index (κ2) is 26.4. The zero-order chi connectivity index (χ0) is 60.3. The van der Waals surface area contributed by atoms with Crippen molar-refractivity contribution in [2.75, 3.05) is 30.6 Å². The fourth-order valence-corrected chi connectivity index (χ4v) is 18.7. The molecule has 83 heavy (non-hydrogen) atoms. The molecule has 4 aromatic heterocycles. The molecule has 4 aromatic carbocycles. The van der Waals surface area contributed by atoms with Crippen LogP contribution in [0.1, 0.15) is 23.6 Å². The van der Waals surface area contributed by atoms with Crippen molar-refractivity contribution in [3.63, 3.8) is 0 Å². The minimum absolute atomic E-state index is 0.00977. The number of hydrogen-bond acceptors (Lipinski definition) is 19. The van der Waals surface area contributed by atoms with Crippen molar-refractivity contribution >= 4 is 117 Å². The highest BCUT2D eigenvalue weighted by atomic mass is 36.0. The minimum Gasteiger partial charge on any atom is -0.856 e. The van der Waals surface area contributed by atoms with Crippen molar-refractivity contribution in [1.29, 1.82) is 0 Å². The molecule has 1 unspecified atom stereocenters. The molecule has 2 aliphatic heterocycles. The lowest BCUT2D eigenvalue weighted by molar-refractivity contribution is -0.746. The summed E-state index contributed by atoms with van der Waals surface area (Å²) in [5.41, 5.74) is 17.8. The molecule has 10 rings (SSSR count). The van der Waals surface area contributed by atoms with Crippen LogP contribution in [0.2, 0.25) is 0 Å². The van der Waals surface area contributed by atoms with E-state index in [9.17, 15) is 54.3 Å². The summed E-state index contributed by atoms with van der Waals surface area (Å²) < 4.78 is 58.6. The molecule has 0 bridgehead atoms. The molecule has 0 spiro atoms. The van der Waals surface area contributed by atoms with Crippen LogP contribution in [0.25, 0.3) is 44.6 Å². The number of halogens is 5. The molecule has 36 heteroatoms. The van der Waals surface area contributed by atoms with Gasteiger partial charge in [-0.15, -0.1) is 0 Å². The van der Waals surface area contributed by atoms with Crippen LogP contribution in [0.5, 0.6) is 11.8 Å². The molecular weight excluding hydrogens is 1280 g/mol. The van der Waals surface area contributed by atoms with Gasteiger partial charge in [-0.2, -0.15) is 4.52 Å². The Morgan fingerprint density at radius 1 is 0.590 bits per heavy atom. The van der Waals surface area contributed by atoms with E-state index >= 15 is 0 Å². The first-order valence-electron chi connectivity index (χ1n) is 24.1. The monoisotopic (exact) mass is 1320 g/mol. The van der Waals surface area contributed by atoms with Gasteiger partial charge in [0.05, 0.1) is 26.3 Å². The number of hydrogen-bond donors (Lipinski definition) is 10. The maximum atomic E-state index is 12.9. The Hall–Kier alpha value is -4.89. The quantitative estimate of drug-likeness (QED) is 0.0478. The van der Waals surface area contributed by atoms with Gasteiger partial charge in [0.2, 0.25) is 17.6 Å². The summed E-state index contributed by atoms with van der Waals surface area (Å²) in [6.45, 7) is -0.698. The Kier molecular flexibility index (Phi) is 20.4. The van der Waals surface area contributed by atoms with Crippen molar-refractivity contribution in [2.45, 2.75) is 62.2 Å². The van der Waals surface area contributed by atoms with Crippen LogP contribution in [0, 0.1) is 0 Å². The van der Waals surface area contributed by atoms with Gasteiger partial charge in [-0.1, -0.05) is 119 Å². The van der Waals surface area contributed by atoms with Crippen molar-refractivity contribution in [3.05, 3.63) is 133 Å². The Bertz CT molecular complexity index is 3790. The van der Waals surface area contributed by atoms with Crippen LogP contribution >= 0.6 is 82.5 Å². The molecule has 0 saturated carbocycles. The fourth-order valence-electron chi connectivity index (χ4n) is 8.93. The van der Waals surface area contributed by atoms with E-state index in [2.05, 4.69) is 24.5 Å². The number of ether oxygens (including phenoxy) is 2. The van der Waals surface area contributed by atoms with Crippen LogP contribution in [0.15, 0.2) is 126 Å². The van der Waals surface area contributed by atoms with Crippen LogP contribution in [0.4, 0.5) is 11.9 Å². The highest BCUT2D eigenvalue weighted by Crippen LogP contribution is 2.75. The van der Waals surface area contributed by atoms with E-state index < -0.39 is 106 Å². The predicted molar refractivity (Wildman–Crippen MR) is 303 cm³/mol. The maximum Gasteiger partial charge on any atom is 0.365 e. The van der Waals surface area contributed by atoms with Crippen molar-refractivity contribution in [2.24, 2.45) is 4.52 Å². The second-order valence-electron chi connectivity index (χ2n) is 18.5. The third-order valence-electron chi connectivity index (χ3n) is 12.5. The standard InChI is InChI=1S/C24H27N5O10P2.C23H23N5O5.Cl5NOP2/c25-24-26-21-18(22(32)27-24)28(10-14-6-8-16(9-7-14)15-4-2-1-3-5-15)12-29(21)23-20(31)19(30)17(39-23)11-38-41(36,37)13-40(33,34)35;24-23-25-20-17(21(32)26-23)27(12-28(20)22-19(31)18(30)16(11-29)33-22)10-13-6-8-15(9-7-13)14-4-2-1-3-5-14;1-8(2,3)6-9(4,5)7/h1-9,12,17,19-20,23,30-31H,10-11,13H2,(H5-,25,26,27,32,33,34,35,36,37);1-9,12,16,18-19,22,29-31H,10-11H2,(H2-,24,25,26,32);/t17-,19-,20-,23-;16-,18-,19-,22-;/m11./s1. The van der Waals surface area contributed by atoms with Crippen LogP contribution < -0.4 is 30.8 Å². The average Bonchev–Trinajstić information content (AvgIpc) is 2.13. The summed E-state index contributed by atoms with van der Waals surface area (Å²) in [5, 5.41) is 73.9. The number of aliphatic hydroxyl groups excluding tert-OH is 5. The van der Waals surface area contributed by atoms with Gasteiger partial charge in [-0.05, 0) is 89.6 Å². The molecule has 0 amide bonds. The summed E-state index contributed by atoms with van der Waals surface area (Å²) in [5.74, 6) is -6.77. The van der Waals surface area contributed by atoms with E-state index in [0.717, 1.165) is 33.4 Å². The van der Waals surface area contributed by atoms with Gasteiger partial charge in [0.1, 0.15) is 36.6 Å². The summed E-state index contributed by atoms with van der Waals surface area (Å²) in [6, 6.07) is 35.4. The summed E-state index contributed by atoms with van der Waals surface area (Å²) in [4.78, 5) is 43.5. The molecule has 27 nitrogen and oxygen atoms in total. The van der Waals surface area contributed by atoms with Gasteiger partial charge >= 0.3 is 32.5 Å². The third kappa shape index (κ3) is 16.4. The number of imidazole rings is 2. The Labute approximate surface area is 494 Å². The van der Waals surface area contributed by atoms with Gasteiger partial charge < -0.3 is 75.9 Å². The second-order valence-corrected chi connectivity index (χ2v) is 34.1. The third-order valence-corrected chi connectivity index (χ3v) is 20.7. The van der Waals surface area contributed by atoms with E-state index in [1.807, 2.05) is 109 Å². The predicted octanol–water partition coefficient (Wildman–Crippen LogP) is 4.98. The lowest BCUT2D eigenvalue weighted by Gasteiger charge is -2.17. The Morgan fingerprint density at radius 3 is 1.33 bits per heavy atom. The summed E-state index contributed by atoms with van der Waals surface area (Å²) >= 11 is 25.3. The lowest BCUT2D eigenvalue weighted by Crippen LogP contribution is -2.46. The number of nitrogen functional groups attached to an aromatic ring is 2. The van der Waals surface area contributed by atoms with Crippen molar-refractivity contribution in [1.82, 2.24) is 29.1 Å². The molecule has 9 atom stereocenters. The summed E-state index contributed by atoms with van der Waals surface area (Å²) in [7, 11) is -9.61. The molecular formula is C47H50Cl5N11O16P4. The van der Waals surface area contributed by atoms with E-state index in [1.165, 1.54) is 15.5 Å². The fraction of sp³-hybridized carbons (Fsp3) is 0.277. The molecule has 2 aliphatic rings. The number of nitrogens with zero attached hydrogens (tertiary/aromatic N) is 9. The first-order chi connectivity index (χ1) is 39.0. The van der Waals surface area contributed by atoms with Gasteiger partial charge in [0, 0.05) is 11.8 Å². The number of aromatic nitrogens is 8. The molecule has 2 fully saturated rings.